The van der Waals surface area contributed by atoms with Gasteiger partial charge >= 0.3 is 0 Å². The van der Waals surface area contributed by atoms with E-state index in [0.717, 1.165) is 5.69 Å². The largest absolute Gasteiger partial charge is 0.383 e. The minimum absolute atomic E-state index is 0.299. The standard InChI is InChI=1S/C7H9FN2.C6H7ClN2/c1-4-3-6(8)5(2)10-7(4)9;1-4-2-3-5(7)6(8)9-4/h3H,1-2H3,(H2,9,10);2-3H,1H3,(H2,8,9). The highest BCUT2D eigenvalue weighted by atomic mass is 35.5. The number of halogens is 2. The van der Waals surface area contributed by atoms with Crippen LogP contribution in [0.25, 0.3) is 0 Å². The highest BCUT2D eigenvalue weighted by Gasteiger charge is 2.01. The van der Waals surface area contributed by atoms with E-state index in [2.05, 4.69) is 9.97 Å². The van der Waals surface area contributed by atoms with Crippen LogP contribution in [0.3, 0.4) is 0 Å². The van der Waals surface area contributed by atoms with Crippen LogP contribution in [0.1, 0.15) is 17.0 Å². The quantitative estimate of drug-likeness (QED) is 0.778. The second-order valence-corrected chi connectivity index (χ2v) is 4.48. The molecule has 0 radical (unpaired) electrons. The van der Waals surface area contributed by atoms with E-state index in [1.807, 2.05) is 13.0 Å². The van der Waals surface area contributed by atoms with Crippen LogP contribution in [-0.4, -0.2) is 9.97 Å². The lowest BCUT2D eigenvalue weighted by Crippen LogP contribution is -1.98. The van der Waals surface area contributed by atoms with Gasteiger partial charge in [-0.05, 0) is 44.5 Å². The van der Waals surface area contributed by atoms with Crippen LogP contribution in [0.4, 0.5) is 16.0 Å². The van der Waals surface area contributed by atoms with Crippen molar-refractivity contribution < 1.29 is 4.39 Å². The average Bonchev–Trinajstić information content (AvgIpc) is 2.33. The lowest BCUT2D eigenvalue weighted by atomic mass is 10.2. The first-order valence-electron chi connectivity index (χ1n) is 5.59. The molecule has 0 fully saturated rings. The van der Waals surface area contributed by atoms with Crippen molar-refractivity contribution in [3.63, 3.8) is 0 Å². The molecule has 2 aromatic heterocycles. The molecule has 2 aromatic rings. The van der Waals surface area contributed by atoms with E-state index in [-0.39, 0.29) is 5.82 Å². The number of pyridine rings is 2. The fourth-order valence-corrected chi connectivity index (χ4v) is 1.36. The fraction of sp³-hybridized carbons (Fsp3) is 0.231. The number of nitrogens with zero attached hydrogens (tertiary/aromatic N) is 2. The third-order valence-electron chi connectivity index (χ3n) is 2.39. The number of aromatic nitrogens is 2. The predicted octanol–water partition coefficient (Wildman–Crippen LogP) is 3.05. The van der Waals surface area contributed by atoms with Crippen molar-refractivity contribution in [1.82, 2.24) is 9.97 Å². The van der Waals surface area contributed by atoms with Gasteiger partial charge < -0.3 is 11.5 Å². The van der Waals surface area contributed by atoms with E-state index in [4.69, 9.17) is 23.1 Å². The summed E-state index contributed by atoms with van der Waals surface area (Å²) in [6.45, 7) is 5.18. The van der Waals surface area contributed by atoms with Crippen molar-refractivity contribution in [1.29, 1.82) is 0 Å². The molecule has 0 spiro atoms. The van der Waals surface area contributed by atoms with Crippen molar-refractivity contribution in [3.8, 4) is 0 Å². The number of nitrogen functional groups attached to an aromatic ring is 2. The van der Waals surface area contributed by atoms with Crippen LogP contribution in [0.2, 0.25) is 5.02 Å². The van der Waals surface area contributed by atoms with Gasteiger partial charge in [0.25, 0.3) is 0 Å². The molecule has 2 rings (SSSR count). The van der Waals surface area contributed by atoms with Gasteiger partial charge in [0, 0.05) is 5.69 Å². The molecule has 0 aliphatic heterocycles. The summed E-state index contributed by atoms with van der Waals surface area (Å²) in [5.41, 5.74) is 12.7. The molecule has 19 heavy (non-hydrogen) atoms. The van der Waals surface area contributed by atoms with Gasteiger partial charge in [0.1, 0.15) is 17.5 Å². The minimum Gasteiger partial charge on any atom is -0.383 e. The lowest BCUT2D eigenvalue weighted by Gasteiger charge is -2.00. The van der Waals surface area contributed by atoms with Crippen LogP contribution >= 0.6 is 11.6 Å². The average molecular weight is 283 g/mol. The number of anilines is 2. The van der Waals surface area contributed by atoms with Crippen LogP contribution in [0.5, 0.6) is 0 Å². The molecule has 0 amide bonds. The van der Waals surface area contributed by atoms with E-state index in [1.54, 1.807) is 19.9 Å². The Morgan fingerprint density at radius 3 is 2.16 bits per heavy atom. The zero-order valence-corrected chi connectivity index (χ0v) is 11.8. The molecular weight excluding hydrogens is 267 g/mol. The number of nitrogens with two attached hydrogens (primary N) is 2. The van der Waals surface area contributed by atoms with Crippen molar-refractivity contribution in [2.24, 2.45) is 0 Å². The first-order chi connectivity index (χ1) is 8.81. The smallest absolute Gasteiger partial charge is 0.144 e. The first kappa shape index (κ1) is 15.2. The molecule has 0 bridgehead atoms. The van der Waals surface area contributed by atoms with E-state index < -0.39 is 0 Å². The van der Waals surface area contributed by atoms with Crippen molar-refractivity contribution >= 4 is 23.2 Å². The Kier molecular flexibility index (Phi) is 5.06. The summed E-state index contributed by atoms with van der Waals surface area (Å²) >= 11 is 5.59. The van der Waals surface area contributed by atoms with E-state index >= 15 is 0 Å². The number of aryl methyl sites for hydroxylation is 3. The molecule has 6 heteroatoms. The van der Waals surface area contributed by atoms with Crippen molar-refractivity contribution in [2.45, 2.75) is 20.8 Å². The van der Waals surface area contributed by atoms with Crippen LogP contribution in [-0.2, 0) is 0 Å². The Labute approximate surface area is 116 Å². The van der Waals surface area contributed by atoms with Gasteiger partial charge in [-0.3, -0.25) is 0 Å². The Morgan fingerprint density at radius 2 is 1.68 bits per heavy atom. The lowest BCUT2D eigenvalue weighted by molar-refractivity contribution is 0.609. The van der Waals surface area contributed by atoms with E-state index in [1.165, 1.54) is 6.07 Å². The third-order valence-corrected chi connectivity index (χ3v) is 2.71. The van der Waals surface area contributed by atoms with Crippen LogP contribution < -0.4 is 11.5 Å². The molecule has 0 aliphatic carbocycles. The van der Waals surface area contributed by atoms with Gasteiger partial charge in [0.15, 0.2) is 0 Å². The zero-order valence-electron chi connectivity index (χ0n) is 11.0. The molecule has 0 aliphatic rings. The highest BCUT2D eigenvalue weighted by Crippen LogP contribution is 2.14. The minimum atomic E-state index is -0.299. The summed E-state index contributed by atoms with van der Waals surface area (Å²) in [6.07, 6.45) is 0. The second kappa shape index (κ2) is 6.33. The topological polar surface area (TPSA) is 77.8 Å². The molecule has 4 nitrogen and oxygen atoms in total. The number of hydrogen-bond donors (Lipinski definition) is 2. The molecule has 0 saturated heterocycles. The fourth-order valence-electron chi connectivity index (χ4n) is 1.25. The number of hydrogen-bond acceptors (Lipinski definition) is 4. The van der Waals surface area contributed by atoms with E-state index in [0.29, 0.717) is 27.9 Å². The zero-order chi connectivity index (χ0) is 14.6. The summed E-state index contributed by atoms with van der Waals surface area (Å²) in [4.78, 5) is 7.69. The van der Waals surface area contributed by atoms with Gasteiger partial charge in [-0.2, -0.15) is 0 Å². The monoisotopic (exact) mass is 282 g/mol. The first-order valence-corrected chi connectivity index (χ1v) is 5.97. The SMILES string of the molecule is Cc1cc(F)c(C)nc1N.Cc1ccc(Cl)c(N)n1. The van der Waals surface area contributed by atoms with Crippen LogP contribution in [0, 0.1) is 26.6 Å². The Morgan fingerprint density at radius 1 is 1.05 bits per heavy atom. The summed E-state index contributed by atoms with van der Waals surface area (Å²) in [6, 6.07) is 4.94. The van der Waals surface area contributed by atoms with Gasteiger partial charge in [0.2, 0.25) is 0 Å². The van der Waals surface area contributed by atoms with Gasteiger partial charge in [-0.15, -0.1) is 0 Å². The second-order valence-electron chi connectivity index (χ2n) is 4.08. The summed E-state index contributed by atoms with van der Waals surface area (Å²) in [5, 5.41) is 0.514. The van der Waals surface area contributed by atoms with Crippen molar-refractivity contribution in [2.75, 3.05) is 11.5 Å². The van der Waals surface area contributed by atoms with Gasteiger partial charge in [0.05, 0.1) is 10.7 Å². The maximum atomic E-state index is 12.6. The maximum absolute atomic E-state index is 12.6. The highest BCUT2D eigenvalue weighted by molar-refractivity contribution is 6.32. The Bertz CT molecular complexity index is 537. The van der Waals surface area contributed by atoms with Gasteiger partial charge in [-0.1, -0.05) is 11.6 Å². The number of rotatable bonds is 0. The van der Waals surface area contributed by atoms with Gasteiger partial charge in [-0.25, -0.2) is 14.4 Å². The molecule has 4 N–H and O–H groups in total. The normalized spacial score (nSPS) is 9.74. The molecule has 0 saturated carbocycles. The van der Waals surface area contributed by atoms with Crippen LogP contribution in [0.15, 0.2) is 18.2 Å². The summed E-state index contributed by atoms with van der Waals surface area (Å²) in [7, 11) is 0. The summed E-state index contributed by atoms with van der Waals surface area (Å²) in [5.74, 6) is 0.502. The predicted molar refractivity (Wildman–Crippen MR) is 76.5 cm³/mol. The Balaban J connectivity index is 0.000000191. The Hall–Kier alpha value is -1.88. The third kappa shape index (κ3) is 4.37. The maximum Gasteiger partial charge on any atom is 0.144 e. The molecule has 102 valence electrons. The molecule has 0 aromatic carbocycles. The molecule has 2 heterocycles. The molecule has 0 unspecified atom stereocenters. The van der Waals surface area contributed by atoms with Crippen molar-refractivity contribution in [3.05, 3.63) is 46.0 Å². The summed E-state index contributed by atoms with van der Waals surface area (Å²) < 4.78 is 12.6. The molecule has 0 atom stereocenters. The molecular formula is C13H16ClFN4. The van der Waals surface area contributed by atoms with E-state index in [9.17, 15) is 4.39 Å².